The third-order valence-corrected chi connectivity index (χ3v) is 1.47. The molecule has 1 aromatic heterocycles. The monoisotopic (exact) mass is 152 g/mol. The van der Waals surface area contributed by atoms with Gasteiger partial charge in [0.1, 0.15) is 0 Å². The molecule has 0 aromatic carbocycles. The van der Waals surface area contributed by atoms with Gasteiger partial charge in [-0.25, -0.2) is 5.90 Å². The van der Waals surface area contributed by atoms with E-state index < -0.39 is 0 Å². The van der Waals surface area contributed by atoms with Crippen LogP contribution in [0.15, 0.2) is 18.3 Å². The molecular weight excluding hydrogens is 140 g/mol. The molecule has 0 radical (unpaired) electrons. The summed E-state index contributed by atoms with van der Waals surface area (Å²) in [5, 5.41) is 0. The van der Waals surface area contributed by atoms with Crippen molar-refractivity contribution in [3.05, 3.63) is 29.6 Å². The van der Waals surface area contributed by atoms with Crippen molar-refractivity contribution in [3.63, 3.8) is 0 Å². The van der Waals surface area contributed by atoms with E-state index in [0.717, 1.165) is 12.1 Å². The Kier molecular flexibility index (Phi) is 3.01. The summed E-state index contributed by atoms with van der Waals surface area (Å²) in [7, 11) is 0. The second-order valence-electron chi connectivity index (χ2n) is 2.43. The number of nitrogens with two attached hydrogens (primary N) is 1. The molecule has 0 fully saturated rings. The first-order valence-corrected chi connectivity index (χ1v) is 3.56. The molecule has 0 spiro atoms. The molecule has 0 unspecified atom stereocenters. The van der Waals surface area contributed by atoms with Gasteiger partial charge in [-0.05, 0) is 31.0 Å². The molecule has 2 N–H and O–H groups in total. The third-order valence-electron chi connectivity index (χ3n) is 1.47. The largest absolute Gasteiger partial charge is 0.304 e. The predicted octanol–water partition coefficient (Wildman–Crippen LogP) is 0.823. The van der Waals surface area contributed by atoms with E-state index >= 15 is 0 Å². The van der Waals surface area contributed by atoms with Crippen LogP contribution in [0.5, 0.6) is 0 Å². The maximum Gasteiger partial charge on any atom is 0.0719 e. The molecule has 3 heteroatoms. The van der Waals surface area contributed by atoms with Crippen LogP contribution in [0, 0.1) is 6.92 Å². The summed E-state index contributed by atoms with van der Waals surface area (Å²) in [5.74, 6) is 4.90. The second kappa shape index (κ2) is 4.05. The Morgan fingerprint density at radius 3 is 3.09 bits per heavy atom. The van der Waals surface area contributed by atoms with Crippen LogP contribution in [0.25, 0.3) is 0 Å². The summed E-state index contributed by atoms with van der Waals surface area (Å²) in [6, 6.07) is 3.99. The molecule has 0 saturated carbocycles. The average Bonchev–Trinajstić information content (AvgIpc) is 2.01. The van der Waals surface area contributed by atoms with Crippen LogP contribution in [-0.4, -0.2) is 11.6 Å². The van der Waals surface area contributed by atoms with Gasteiger partial charge in [-0.1, -0.05) is 0 Å². The molecule has 1 heterocycles. The fourth-order valence-electron chi connectivity index (χ4n) is 0.937. The summed E-state index contributed by atoms with van der Waals surface area (Å²) >= 11 is 0. The zero-order valence-corrected chi connectivity index (χ0v) is 6.58. The lowest BCUT2D eigenvalue weighted by Gasteiger charge is -1.99. The first kappa shape index (κ1) is 8.17. The van der Waals surface area contributed by atoms with Crippen LogP contribution in [-0.2, 0) is 11.3 Å². The highest BCUT2D eigenvalue weighted by molar-refractivity contribution is 5.15. The number of aryl methyl sites for hydroxylation is 1. The normalized spacial score (nSPS) is 10.0. The summed E-state index contributed by atoms with van der Waals surface area (Å²) in [4.78, 5) is 8.54. The van der Waals surface area contributed by atoms with Crippen molar-refractivity contribution in [2.45, 2.75) is 13.3 Å². The highest BCUT2D eigenvalue weighted by Crippen LogP contribution is 2.00. The topological polar surface area (TPSA) is 48.1 Å². The molecular formula is C8H12N2O. The summed E-state index contributed by atoms with van der Waals surface area (Å²) in [5.41, 5.74) is 2.24. The molecule has 1 aromatic rings. The van der Waals surface area contributed by atoms with Crippen molar-refractivity contribution in [3.8, 4) is 0 Å². The van der Waals surface area contributed by atoms with Gasteiger partial charge in [0.05, 0.1) is 6.61 Å². The molecule has 0 aliphatic carbocycles. The lowest BCUT2D eigenvalue weighted by atomic mass is 10.2. The molecule has 3 nitrogen and oxygen atoms in total. The Labute approximate surface area is 66.2 Å². The van der Waals surface area contributed by atoms with E-state index in [0.29, 0.717) is 6.61 Å². The van der Waals surface area contributed by atoms with Crippen molar-refractivity contribution in [1.82, 2.24) is 4.98 Å². The molecule has 1 rings (SSSR count). The Morgan fingerprint density at radius 1 is 1.64 bits per heavy atom. The van der Waals surface area contributed by atoms with Gasteiger partial charge >= 0.3 is 0 Å². The Hall–Kier alpha value is -0.930. The smallest absolute Gasteiger partial charge is 0.0719 e. The average molecular weight is 152 g/mol. The minimum Gasteiger partial charge on any atom is -0.304 e. The molecule has 0 aliphatic heterocycles. The SMILES string of the molecule is Cc1cc(CCON)ccn1. The first-order valence-electron chi connectivity index (χ1n) is 3.56. The fourth-order valence-corrected chi connectivity index (χ4v) is 0.937. The molecule has 0 aliphatic rings. The number of hydrogen-bond acceptors (Lipinski definition) is 3. The van der Waals surface area contributed by atoms with Crippen LogP contribution < -0.4 is 5.90 Å². The van der Waals surface area contributed by atoms with Gasteiger partial charge in [-0.3, -0.25) is 4.98 Å². The second-order valence-corrected chi connectivity index (χ2v) is 2.43. The fraction of sp³-hybridized carbons (Fsp3) is 0.375. The van der Waals surface area contributed by atoms with Gasteiger partial charge in [-0.15, -0.1) is 0 Å². The van der Waals surface area contributed by atoms with Gasteiger partial charge in [0.15, 0.2) is 0 Å². The van der Waals surface area contributed by atoms with E-state index in [4.69, 9.17) is 5.90 Å². The minimum absolute atomic E-state index is 0.559. The van der Waals surface area contributed by atoms with E-state index in [1.807, 2.05) is 19.1 Å². The van der Waals surface area contributed by atoms with Gasteiger partial charge in [0.25, 0.3) is 0 Å². The van der Waals surface area contributed by atoms with E-state index in [1.54, 1.807) is 6.20 Å². The Morgan fingerprint density at radius 2 is 2.45 bits per heavy atom. The van der Waals surface area contributed by atoms with E-state index in [9.17, 15) is 0 Å². The zero-order valence-electron chi connectivity index (χ0n) is 6.58. The number of nitrogens with zero attached hydrogens (tertiary/aromatic N) is 1. The lowest BCUT2D eigenvalue weighted by molar-refractivity contribution is 0.141. The first-order chi connectivity index (χ1) is 5.33. The van der Waals surface area contributed by atoms with Crippen LogP contribution in [0.1, 0.15) is 11.3 Å². The quantitative estimate of drug-likeness (QED) is 0.652. The summed E-state index contributed by atoms with van der Waals surface area (Å²) in [6.45, 7) is 2.52. The maximum atomic E-state index is 4.90. The minimum atomic E-state index is 0.559. The van der Waals surface area contributed by atoms with Crippen molar-refractivity contribution in [2.24, 2.45) is 5.90 Å². The van der Waals surface area contributed by atoms with Crippen LogP contribution in [0.3, 0.4) is 0 Å². The standard InChI is InChI=1S/C8H12N2O/c1-7-6-8(2-4-10-7)3-5-11-9/h2,4,6H,3,5,9H2,1H3. The van der Waals surface area contributed by atoms with E-state index in [1.165, 1.54) is 5.56 Å². The highest BCUT2D eigenvalue weighted by Gasteiger charge is 1.92. The zero-order chi connectivity index (χ0) is 8.10. The predicted molar refractivity (Wildman–Crippen MR) is 42.8 cm³/mol. The van der Waals surface area contributed by atoms with Crippen molar-refractivity contribution >= 4 is 0 Å². The number of aromatic nitrogens is 1. The lowest BCUT2D eigenvalue weighted by Crippen LogP contribution is -2.03. The molecule has 60 valence electrons. The van der Waals surface area contributed by atoms with Crippen molar-refractivity contribution < 1.29 is 4.84 Å². The Balaban J connectivity index is 2.56. The molecule has 0 saturated heterocycles. The molecule has 0 atom stereocenters. The molecule has 0 bridgehead atoms. The van der Waals surface area contributed by atoms with E-state index in [2.05, 4.69) is 9.82 Å². The van der Waals surface area contributed by atoms with Crippen molar-refractivity contribution in [1.29, 1.82) is 0 Å². The van der Waals surface area contributed by atoms with Crippen LogP contribution in [0.4, 0.5) is 0 Å². The Bertz CT molecular complexity index is 225. The van der Waals surface area contributed by atoms with E-state index in [-0.39, 0.29) is 0 Å². The molecule has 11 heavy (non-hydrogen) atoms. The number of hydrogen-bond donors (Lipinski definition) is 1. The molecule has 0 amide bonds. The maximum absolute atomic E-state index is 4.90. The van der Waals surface area contributed by atoms with Gasteiger partial charge in [-0.2, -0.15) is 0 Å². The number of pyridine rings is 1. The van der Waals surface area contributed by atoms with Gasteiger partial charge < -0.3 is 4.84 Å². The van der Waals surface area contributed by atoms with Gasteiger partial charge in [0.2, 0.25) is 0 Å². The third kappa shape index (κ3) is 2.65. The number of rotatable bonds is 3. The highest BCUT2D eigenvalue weighted by atomic mass is 16.6. The van der Waals surface area contributed by atoms with Crippen molar-refractivity contribution in [2.75, 3.05) is 6.61 Å². The summed E-state index contributed by atoms with van der Waals surface area (Å²) < 4.78 is 0. The van der Waals surface area contributed by atoms with Crippen LogP contribution >= 0.6 is 0 Å². The van der Waals surface area contributed by atoms with Crippen LogP contribution in [0.2, 0.25) is 0 Å². The summed E-state index contributed by atoms with van der Waals surface area (Å²) in [6.07, 6.45) is 2.64. The van der Waals surface area contributed by atoms with Gasteiger partial charge in [0, 0.05) is 11.9 Å².